The van der Waals surface area contributed by atoms with Crippen molar-refractivity contribution in [2.75, 3.05) is 19.0 Å². The number of hydrogen-bond donors (Lipinski definition) is 1. The SMILES string of the molecule is C#CCCCNc1ccc(Br)c(OC)c1. The molecular formula is C12H14BrNO. The summed E-state index contributed by atoms with van der Waals surface area (Å²) in [5.74, 6) is 3.44. The number of rotatable bonds is 5. The molecule has 0 amide bonds. The van der Waals surface area contributed by atoms with E-state index in [-0.39, 0.29) is 0 Å². The van der Waals surface area contributed by atoms with Crippen molar-refractivity contribution in [3.05, 3.63) is 22.7 Å². The highest BCUT2D eigenvalue weighted by Gasteiger charge is 2.00. The van der Waals surface area contributed by atoms with Gasteiger partial charge in [0.25, 0.3) is 0 Å². The minimum absolute atomic E-state index is 0.806. The molecule has 0 saturated carbocycles. The van der Waals surface area contributed by atoms with E-state index in [1.165, 1.54) is 0 Å². The summed E-state index contributed by atoms with van der Waals surface area (Å²) in [6, 6.07) is 5.92. The van der Waals surface area contributed by atoms with Crippen LogP contribution in [0.4, 0.5) is 5.69 Å². The number of anilines is 1. The maximum Gasteiger partial charge on any atom is 0.135 e. The molecule has 2 nitrogen and oxygen atoms in total. The van der Waals surface area contributed by atoms with Gasteiger partial charge in [-0.1, -0.05) is 0 Å². The van der Waals surface area contributed by atoms with Gasteiger partial charge >= 0.3 is 0 Å². The van der Waals surface area contributed by atoms with Crippen LogP contribution in [0.5, 0.6) is 5.75 Å². The predicted octanol–water partition coefficient (Wildman–Crippen LogP) is 3.28. The molecule has 0 atom stereocenters. The molecule has 0 heterocycles. The van der Waals surface area contributed by atoms with Gasteiger partial charge in [0.2, 0.25) is 0 Å². The average molecular weight is 268 g/mol. The summed E-state index contributed by atoms with van der Waals surface area (Å²) in [7, 11) is 1.65. The maximum absolute atomic E-state index is 5.19. The Morgan fingerprint density at radius 1 is 1.53 bits per heavy atom. The Bertz CT molecular complexity index is 357. The first-order valence-corrected chi connectivity index (χ1v) is 5.58. The molecule has 80 valence electrons. The number of hydrogen-bond acceptors (Lipinski definition) is 2. The second kappa shape index (κ2) is 6.36. The molecule has 0 unspecified atom stereocenters. The van der Waals surface area contributed by atoms with Crippen molar-refractivity contribution >= 4 is 21.6 Å². The molecule has 0 fully saturated rings. The van der Waals surface area contributed by atoms with E-state index in [9.17, 15) is 0 Å². The van der Waals surface area contributed by atoms with Crippen molar-refractivity contribution in [1.29, 1.82) is 0 Å². The summed E-state index contributed by atoms with van der Waals surface area (Å²) in [5.41, 5.74) is 1.05. The Hall–Kier alpha value is -1.14. The molecule has 0 aliphatic rings. The lowest BCUT2D eigenvalue weighted by molar-refractivity contribution is 0.412. The van der Waals surface area contributed by atoms with Gasteiger partial charge in [0.15, 0.2) is 0 Å². The van der Waals surface area contributed by atoms with Gasteiger partial charge in [-0.15, -0.1) is 12.3 Å². The van der Waals surface area contributed by atoms with Crippen molar-refractivity contribution in [3.8, 4) is 18.1 Å². The number of halogens is 1. The summed E-state index contributed by atoms with van der Waals surface area (Å²) in [5, 5.41) is 3.28. The second-order valence-electron chi connectivity index (χ2n) is 3.08. The summed E-state index contributed by atoms with van der Waals surface area (Å²) in [6.45, 7) is 0.884. The molecule has 1 aromatic rings. The summed E-state index contributed by atoms with van der Waals surface area (Å²) in [6.07, 6.45) is 6.96. The lowest BCUT2D eigenvalue weighted by atomic mass is 10.2. The lowest BCUT2D eigenvalue weighted by Gasteiger charge is -2.08. The van der Waals surface area contributed by atoms with Crippen LogP contribution in [0.2, 0.25) is 0 Å². The van der Waals surface area contributed by atoms with E-state index in [1.54, 1.807) is 7.11 Å². The molecule has 3 heteroatoms. The quantitative estimate of drug-likeness (QED) is 0.653. The van der Waals surface area contributed by atoms with E-state index < -0.39 is 0 Å². The van der Waals surface area contributed by atoms with Crippen molar-refractivity contribution in [2.45, 2.75) is 12.8 Å². The number of methoxy groups -OCH3 is 1. The fourth-order valence-corrected chi connectivity index (χ4v) is 1.60. The molecule has 0 aliphatic carbocycles. The van der Waals surface area contributed by atoms with Gasteiger partial charge in [-0.05, 0) is 34.5 Å². The van der Waals surface area contributed by atoms with E-state index in [1.807, 2.05) is 18.2 Å². The van der Waals surface area contributed by atoms with Gasteiger partial charge in [0.05, 0.1) is 11.6 Å². The van der Waals surface area contributed by atoms with Gasteiger partial charge in [-0.2, -0.15) is 0 Å². The lowest BCUT2D eigenvalue weighted by Crippen LogP contribution is -2.01. The van der Waals surface area contributed by atoms with Crippen molar-refractivity contribution in [1.82, 2.24) is 0 Å². The smallest absolute Gasteiger partial charge is 0.135 e. The number of nitrogens with one attached hydrogen (secondary N) is 1. The van der Waals surface area contributed by atoms with E-state index in [4.69, 9.17) is 11.2 Å². The molecule has 0 aromatic heterocycles. The molecule has 15 heavy (non-hydrogen) atoms. The Morgan fingerprint density at radius 3 is 3.00 bits per heavy atom. The van der Waals surface area contributed by atoms with Gasteiger partial charge in [-0.25, -0.2) is 0 Å². The zero-order valence-electron chi connectivity index (χ0n) is 8.72. The fourth-order valence-electron chi connectivity index (χ4n) is 1.19. The Morgan fingerprint density at radius 2 is 2.33 bits per heavy atom. The van der Waals surface area contributed by atoms with Crippen LogP contribution in [0.15, 0.2) is 22.7 Å². The van der Waals surface area contributed by atoms with Crippen LogP contribution < -0.4 is 10.1 Å². The van der Waals surface area contributed by atoms with Crippen molar-refractivity contribution in [3.63, 3.8) is 0 Å². The summed E-state index contributed by atoms with van der Waals surface area (Å²) < 4.78 is 6.15. The first-order valence-electron chi connectivity index (χ1n) is 4.79. The molecule has 0 bridgehead atoms. The normalized spacial score (nSPS) is 9.40. The second-order valence-corrected chi connectivity index (χ2v) is 3.94. The zero-order valence-corrected chi connectivity index (χ0v) is 10.3. The van der Waals surface area contributed by atoms with E-state index in [0.29, 0.717) is 0 Å². The molecule has 0 aliphatic heterocycles. The van der Waals surface area contributed by atoms with Crippen LogP contribution in [0.1, 0.15) is 12.8 Å². The largest absolute Gasteiger partial charge is 0.495 e. The molecular weight excluding hydrogens is 254 g/mol. The number of ether oxygens (including phenoxy) is 1. The summed E-state index contributed by atoms with van der Waals surface area (Å²) >= 11 is 3.40. The van der Waals surface area contributed by atoms with Crippen LogP contribution in [0.3, 0.4) is 0 Å². The number of benzene rings is 1. The van der Waals surface area contributed by atoms with Crippen LogP contribution in [-0.4, -0.2) is 13.7 Å². The highest BCUT2D eigenvalue weighted by molar-refractivity contribution is 9.10. The minimum Gasteiger partial charge on any atom is -0.495 e. The fraction of sp³-hybridized carbons (Fsp3) is 0.333. The standard InChI is InChI=1S/C12H14BrNO/c1-3-4-5-8-14-10-6-7-11(13)12(9-10)15-2/h1,6-7,9,14H,4-5,8H2,2H3. The third kappa shape index (κ3) is 3.85. The van der Waals surface area contributed by atoms with Gasteiger partial charge in [0.1, 0.15) is 5.75 Å². The third-order valence-electron chi connectivity index (χ3n) is 1.98. The zero-order chi connectivity index (χ0) is 11.1. The van der Waals surface area contributed by atoms with Gasteiger partial charge in [0, 0.05) is 24.7 Å². The minimum atomic E-state index is 0.806. The van der Waals surface area contributed by atoms with Crippen LogP contribution in [0, 0.1) is 12.3 Å². The number of unbranched alkanes of at least 4 members (excludes halogenated alkanes) is 1. The van der Waals surface area contributed by atoms with E-state index >= 15 is 0 Å². The van der Waals surface area contributed by atoms with Crippen LogP contribution in [-0.2, 0) is 0 Å². The maximum atomic E-state index is 5.19. The first-order chi connectivity index (χ1) is 7.27. The molecule has 0 saturated heterocycles. The Labute approximate surface area is 99.2 Å². The highest BCUT2D eigenvalue weighted by Crippen LogP contribution is 2.27. The van der Waals surface area contributed by atoms with E-state index in [0.717, 1.165) is 35.3 Å². The molecule has 1 aromatic carbocycles. The van der Waals surface area contributed by atoms with E-state index in [2.05, 4.69) is 27.2 Å². The van der Waals surface area contributed by atoms with Gasteiger partial charge < -0.3 is 10.1 Å². The third-order valence-corrected chi connectivity index (χ3v) is 2.63. The van der Waals surface area contributed by atoms with Crippen molar-refractivity contribution in [2.24, 2.45) is 0 Å². The molecule has 0 radical (unpaired) electrons. The molecule has 0 spiro atoms. The highest BCUT2D eigenvalue weighted by atomic mass is 79.9. The first kappa shape index (κ1) is 11.9. The Kier molecular flexibility index (Phi) is 5.06. The summed E-state index contributed by atoms with van der Waals surface area (Å²) in [4.78, 5) is 0. The molecule has 1 rings (SSSR count). The van der Waals surface area contributed by atoms with Crippen LogP contribution in [0.25, 0.3) is 0 Å². The topological polar surface area (TPSA) is 21.3 Å². The van der Waals surface area contributed by atoms with Crippen LogP contribution >= 0.6 is 15.9 Å². The molecule has 1 N–H and O–H groups in total. The van der Waals surface area contributed by atoms with Gasteiger partial charge in [-0.3, -0.25) is 0 Å². The van der Waals surface area contributed by atoms with Crippen molar-refractivity contribution < 1.29 is 4.74 Å². The predicted molar refractivity (Wildman–Crippen MR) is 67.3 cm³/mol. The Balaban J connectivity index is 2.52. The number of terminal acetylenes is 1. The monoisotopic (exact) mass is 267 g/mol. The average Bonchev–Trinajstić information content (AvgIpc) is 2.26.